The Morgan fingerprint density at radius 1 is 0.375 bits per heavy atom. The summed E-state index contributed by atoms with van der Waals surface area (Å²) in [7, 11) is 0. The quantitative estimate of drug-likeness (QED) is 0.0662. The van der Waals surface area contributed by atoms with Crippen LogP contribution in [-0.4, -0.2) is 11.9 Å². The molecule has 10 heteroatoms. The average molecular weight is 471 g/mol. The van der Waals surface area contributed by atoms with Crippen LogP contribution in [0.15, 0.2) is 0 Å². The van der Waals surface area contributed by atoms with Crippen molar-refractivity contribution in [3.63, 3.8) is 0 Å². The Morgan fingerprint density at radius 2 is 0.688 bits per heavy atom. The molecule has 0 aliphatic carbocycles. The first-order chi connectivity index (χ1) is 15.9. The summed E-state index contributed by atoms with van der Waals surface area (Å²) in [5.41, 5.74) is 0. The molecule has 0 radical (unpaired) electrons. The summed E-state index contributed by atoms with van der Waals surface area (Å²) < 4.78 is 0. The lowest BCUT2D eigenvalue weighted by molar-refractivity contribution is -0.843. The van der Waals surface area contributed by atoms with Gasteiger partial charge in [-0.1, -0.05) is 129 Å². The molecule has 0 saturated heterocycles. The molecule has 0 aliphatic heterocycles. The van der Waals surface area contributed by atoms with E-state index in [1.165, 1.54) is 116 Å². The second-order valence-corrected chi connectivity index (χ2v) is 8.09. The van der Waals surface area contributed by atoms with E-state index in [0.717, 1.165) is 12.8 Å². The number of unbranched alkanes of at least 4 members (excludes halogenated alkanes) is 19. The lowest BCUT2D eigenvalue weighted by Gasteiger charge is -2.04. The fourth-order valence-corrected chi connectivity index (χ4v) is 3.54. The molecule has 0 fully saturated rings. The highest BCUT2D eigenvalue weighted by molar-refractivity contribution is 4.50. The fraction of sp³-hybridized carbons (Fsp3) is 1.00. The van der Waals surface area contributed by atoms with Crippen LogP contribution in [0.1, 0.15) is 135 Å². The van der Waals surface area contributed by atoms with E-state index in [2.05, 4.69) is 52.1 Å². The van der Waals surface area contributed by atoms with E-state index in [1.807, 2.05) is 0 Å². The normalized spacial score (nSPS) is 11.4. The summed E-state index contributed by atoms with van der Waals surface area (Å²) in [6, 6.07) is 0. The second-order valence-electron chi connectivity index (χ2n) is 8.09. The van der Waals surface area contributed by atoms with Gasteiger partial charge in [0.15, 0.2) is 0 Å². The molecule has 194 valence electrons. The van der Waals surface area contributed by atoms with Gasteiger partial charge in [0.05, 0.1) is 6.61 Å². The van der Waals surface area contributed by atoms with Crippen molar-refractivity contribution in [2.24, 2.45) is 0 Å². The van der Waals surface area contributed by atoms with Crippen LogP contribution in [0.25, 0.3) is 0 Å². The maximum atomic E-state index is 7.66. The van der Waals surface area contributed by atoms with E-state index in [1.54, 1.807) is 0 Å². The molecule has 0 heterocycles. The largest absolute Gasteiger partial charge is 0.219 e. The van der Waals surface area contributed by atoms with E-state index in [4.69, 9.17) is 5.26 Å². The van der Waals surface area contributed by atoms with Gasteiger partial charge in [-0.3, -0.25) is 0 Å². The van der Waals surface area contributed by atoms with Gasteiger partial charge in [-0.15, -0.1) is 0 Å². The van der Waals surface area contributed by atoms with Gasteiger partial charge in [0, 0.05) is 0 Å². The van der Waals surface area contributed by atoms with Gasteiger partial charge in [-0.05, 0) is 46.7 Å². The Morgan fingerprint density at radius 3 is 1.06 bits per heavy atom. The first-order valence-corrected chi connectivity index (χ1v) is 12.5. The highest BCUT2D eigenvalue weighted by Gasteiger charge is 1.98. The van der Waals surface area contributed by atoms with E-state index < -0.39 is 0 Å². The Labute approximate surface area is 193 Å². The van der Waals surface area contributed by atoms with Gasteiger partial charge < -0.3 is 0 Å². The third kappa shape index (κ3) is 29.6. The maximum Gasteiger partial charge on any atom is 0.0855 e. The average Bonchev–Trinajstić information content (AvgIpc) is 2.81. The minimum Gasteiger partial charge on any atom is -0.219 e. The molecule has 0 bridgehead atoms. The van der Waals surface area contributed by atoms with Gasteiger partial charge >= 0.3 is 0 Å². The van der Waals surface area contributed by atoms with E-state index in [9.17, 15) is 0 Å². The minimum absolute atomic E-state index is 0.362. The summed E-state index contributed by atoms with van der Waals surface area (Å²) in [6.45, 7) is 2.64. The zero-order valence-corrected chi connectivity index (χ0v) is 20.0. The molecule has 0 aromatic heterocycles. The number of hydrogen-bond donors (Lipinski definition) is 1. The molecule has 32 heavy (non-hydrogen) atoms. The van der Waals surface area contributed by atoms with Crippen LogP contribution >= 0.6 is 0 Å². The van der Waals surface area contributed by atoms with Crippen LogP contribution in [0, 0.1) is 0 Å². The van der Waals surface area contributed by atoms with Crippen molar-refractivity contribution in [1.82, 2.24) is 0 Å². The van der Waals surface area contributed by atoms with Crippen molar-refractivity contribution in [3.05, 3.63) is 0 Å². The van der Waals surface area contributed by atoms with Gasteiger partial charge in [0.25, 0.3) is 0 Å². The van der Waals surface area contributed by atoms with Crippen LogP contribution in [0.4, 0.5) is 0 Å². The van der Waals surface area contributed by atoms with Crippen LogP contribution < -0.4 is 0 Å². The minimum atomic E-state index is 0.362. The van der Waals surface area contributed by atoms with E-state index in [-0.39, 0.29) is 0 Å². The highest BCUT2D eigenvalue weighted by Crippen LogP contribution is 2.14. The van der Waals surface area contributed by atoms with Crippen LogP contribution in [-0.2, 0) is 45.2 Å². The van der Waals surface area contributed by atoms with Gasteiger partial charge in [-0.25, -0.2) is 10.1 Å². The van der Waals surface area contributed by atoms with Crippen molar-refractivity contribution in [2.45, 2.75) is 135 Å². The third-order valence-electron chi connectivity index (χ3n) is 5.33. The second kappa shape index (κ2) is 30.6. The van der Waals surface area contributed by atoms with Gasteiger partial charge in [-0.2, -0.15) is 0 Å². The molecule has 0 atom stereocenters. The summed E-state index contributed by atoms with van der Waals surface area (Å²) in [5.74, 6) is 0. The molecule has 0 amide bonds. The van der Waals surface area contributed by atoms with Crippen molar-refractivity contribution >= 4 is 0 Å². The Bertz CT molecular complexity index is 293. The van der Waals surface area contributed by atoms with Crippen LogP contribution in [0.2, 0.25) is 0 Å². The van der Waals surface area contributed by atoms with Gasteiger partial charge in [0.1, 0.15) is 0 Å². The first-order valence-electron chi connectivity index (χ1n) is 12.5. The third-order valence-corrected chi connectivity index (χ3v) is 5.33. The van der Waals surface area contributed by atoms with Crippen molar-refractivity contribution in [3.8, 4) is 0 Å². The first kappa shape index (κ1) is 31.6. The van der Waals surface area contributed by atoms with Crippen molar-refractivity contribution in [2.75, 3.05) is 6.61 Å². The number of hydrogen-bond acceptors (Lipinski definition) is 10. The highest BCUT2D eigenvalue weighted by atomic mass is 17.9. The summed E-state index contributed by atoms with van der Waals surface area (Å²) in [6.07, 6.45) is 26.8. The van der Waals surface area contributed by atoms with Crippen LogP contribution in [0.3, 0.4) is 0 Å². The van der Waals surface area contributed by atoms with Crippen molar-refractivity contribution < 1.29 is 50.5 Å². The predicted octanol–water partition coefficient (Wildman–Crippen LogP) is 7.75. The summed E-state index contributed by atoms with van der Waals surface area (Å²) in [5, 5.41) is 36.9. The topological polar surface area (TPSA) is 103 Å². The lowest BCUT2D eigenvalue weighted by Crippen LogP contribution is -2.03. The Hall–Kier alpha value is -0.400. The molecule has 1 N–H and O–H groups in total. The molecular weight excluding hydrogens is 424 g/mol. The maximum absolute atomic E-state index is 7.66. The molecule has 0 rings (SSSR count). The molecular formula is C22H46O10. The predicted molar refractivity (Wildman–Crippen MR) is 115 cm³/mol. The van der Waals surface area contributed by atoms with Crippen molar-refractivity contribution in [1.29, 1.82) is 0 Å². The molecule has 0 aromatic rings. The number of rotatable bonds is 29. The Balaban J connectivity index is 2.98. The van der Waals surface area contributed by atoms with E-state index >= 15 is 0 Å². The zero-order valence-electron chi connectivity index (χ0n) is 20.0. The standard InChI is InChI=1S/C22H46O10/c1-2-3-4-5-6-7-8-9-10-11-12-13-14-15-16-17-18-19-20-21-22-24-26-28-30-32-31-29-27-25-23/h23H,2-22H2,1H3. The molecule has 0 aliphatic rings. The molecule has 0 unspecified atom stereocenters. The zero-order chi connectivity index (χ0) is 23.2. The fourth-order valence-electron chi connectivity index (χ4n) is 3.54. The smallest absolute Gasteiger partial charge is 0.0855 e. The molecule has 0 saturated carbocycles. The molecule has 0 spiro atoms. The van der Waals surface area contributed by atoms with E-state index in [0.29, 0.717) is 6.61 Å². The Kier molecular flexibility index (Phi) is 30.2. The lowest BCUT2D eigenvalue weighted by atomic mass is 10.0. The monoisotopic (exact) mass is 470 g/mol. The summed E-state index contributed by atoms with van der Waals surface area (Å²) in [4.78, 5) is 4.68. The summed E-state index contributed by atoms with van der Waals surface area (Å²) >= 11 is 0. The van der Waals surface area contributed by atoms with Gasteiger partial charge in [0.2, 0.25) is 0 Å². The SMILES string of the molecule is CCCCCCCCCCCCCCCCCCCCCCOOOOOOOOOO. The molecule has 0 aromatic carbocycles. The van der Waals surface area contributed by atoms with Crippen LogP contribution in [0.5, 0.6) is 0 Å². The molecule has 10 nitrogen and oxygen atoms in total.